The summed E-state index contributed by atoms with van der Waals surface area (Å²) in [6.45, 7) is 1.85. The Kier molecular flexibility index (Phi) is 1.70. The number of carbonyl (C=O) groups is 2. The van der Waals surface area contributed by atoms with Gasteiger partial charge in [0.2, 0.25) is 0 Å². The Morgan fingerprint density at radius 1 is 1.44 bits per heavy atom. The summed E-state index contributed by atoms with van der Waals surface area (Å²) in [5, 5.41) is 5.03. The maximum Gasteiger partial charge on any atom is 0.322 e. The van der Waals surface area contributed by atoms with E-state index in [1.165, 1.54) is 0 Å². The van der Waals surface area contributed by atoms with Crippen LogP contribution < -0.4 is 10.6 Å². The zero-order chi connectivity index (χ0) is 11.3. The lowest BCUT2D eigenvalue weighted by Gasteiger charge is -2.29. The van der Waals surface area contributed by atoms with Gasteiger partial charge in [0.05, 0.1) is 0 Å². The van der Waals surface area contributed by atoms with E-state index in [0.717, 1.165) is 29.9 Å². The van der Waals surface area contributed by atoms with Crippen molar-refractivity contribution in [3.63, 3.8) is 0 Å². The van der Waals surface area contributed by atoms with Gasteiger partial charge in [-0.3, -0.25) is 10.1 Å². The molecule has 3 amide bonds. The number of carbonyl (C=O) groups excluding carboxylic acids is 2. The van der Waals surface area contributed by atoms with Gasteiger partial charge in [0.15, 0.2) is 0 Å². The normalized spacial score (nSPS) is 27.8. The van der Waals surface area contributed by atoms with Gasteiger partial charge in [-0.25, -0.2) is 4.79 Å². The van der Waals surface area contributed by atoms with Crippen molar-refractivity contribution in [3.05, 3.63) is 23.2 Å². The number of furan rings is 1. The minimum Gasteiger partial charge on any atom is -0.466 e. The van der Waals surface area contributed by atoms with Crippen LogP contribution in [0, 0.1) is 6.92 Å². The first kappa shape index (κ1) is 9.45. The molecule has 2 heterocycles. The van der Waals surface area contributed by atoms with Crippen molar-refractivity contribution >= 4 is 11.9 Å². The number of amides is 3. The average molecular weight is 220 g/mol. The molecule has 5 nitrogen and oxygen atoms in total. The monoisotopic (exact) mass is 220 g/mol. The summed E-state index contributed by atoms with van der Waals surface area (Å²) in [6.07, 6.45) is 2.30. The zero-order valence-electron chi connectivity index (χ0n) is 8.92. The van der Waals surface area contributed by atoms with Gasteiger partial charge < -0.3 is 9.73 Å². The molecule has 1 saturated heterocycles. The van der Waals surface area contributed by atoms with E-state index in [4.69, 9.17) is 4.42 Å². The molecule has 0 saturated carbocycles. The van der Waals surface area contributed by atoms with Crippen LogP contribution in [0.15, 0.2) is 10.5 Å². The Labute approximate surface area is 92.2 Å². The smallest absolute Gasteiger partial charge is 0.322 e. The fourth-order valence-corrected chi connectivity index (χ4v) is 2.62. The Balaban J connectivity index is 2.16. The third kappa shape index (κ3) is 1.05. The highest BCUT2D eigenvalue weighted by Gasteiger charge is 2.51. The molecule has 1 spiro atoms. The van der Waals surface area contributed by atoms with Gasteiger partial charge >= 0.3 is 6.03 Å². The van der Waals surface area contributed by atoms with E-state index >= 15 is 0 Å². The number of nitrogens with one attached hydrogen (secondary N) is 2. The highest BCUT2D eigenvalue weighted by molar-refractivity contribution is 6.07. The van der Waals surface area contributed by atoms with Crippen LogP contribution in [-0.4, -0.2) is 11.9 Å². The first-order valence-corrected chi connectivity index (χ1v) is 5.35. The Bertz CT molecular complexity index is 491. The maximum absolute atomic E-state index is 11.9. The molecular weight excluding hydrogens is 208 g/mol. The fraction of sp³-hybridized carbons (Fsp3) is 0.455. The van der Waals surface area contributed by atoms with Crippen LogP contribution in [0.3, 0.4) is 0 Å². The lowest BCUT2D eigenvalue weighted by molar-refractivity contribution is -0.124. The molecule has 1 atom stereocenters. The molecule has 0 radical (unpaired) electrons. The molecule has 1 aromatic rings. The molecule has 5 heteroatoms. The van der Waals surface area contributed by atoms with Crippen molar-refractivity contribution in [2.75, 3.05) is 0 Å². The number of rotatable bonds is 0. The first-order valence-electron chi connectivity index (χ1n) is 5.35. The Morgan fingerprint density at radius 3 is 2.94 bits per heavy atom. The largest absolute Gasteiger partial charge is 0.466 e. The number of hydrogen-bond acceptors (Lipinski definition) is 3. The molecule has 0 bridgehead atoms. The van der Waals surface area contributed by atoms with Gasteiger partial charge in [0.25, 0.3) is 5.91 Å². The number of hydrogen-bond donors (Lipinski definition) is 2. The van der Waals surface area contributed by atoms with Crippen molar-refractivity contribution < 1.29 is 14.0 Å². The molecule has 0 aromatic carbocycles. The van der Waals surface area contributed by atoms with Crippen molar-refractivity contribution in [2.24, 2.45) is 0 Å². The van der Waals surface area contributed by atoms with Gasteiger partial charge in [-0.2, -0.15) is 0 Å². The summed E-state index contributed by atoms with van der Waals surface area (Å²) in [5.41, 5.74) is -0.0674. The molecule has 1 aromatic heterocycles. The van der Waals surface area contributed by atoms with Gasteiger partial charge in [0.1, 0.15) is 17.1 Å². The molecular formula is C11H12N2O3. The lowest BCUT2D eigenvalue weighted by atomic mass is 9.80. The second-order valence-corrected chi connectivity index (χ2v) is 4.36. The van der Waals surface area contributed by atoms with E-state index in [0.29, 0.717) is 6.42 Å². The van der Waals surface area contributed by atoms with E-state index in [2.05, 4.69) is 10.6 Å². The van der Waals surface area contributed by atoms with E-state index in [1.807, 2.05) is 13.0 Å². The number of fused-ring (bicyclic) bond motifs is 2. The maximum atomic E-state index is 11.9. The first-order chi connectivity index (χ1) is 7.62. The summed E-state index contributed by atoms with van der Waals surface area (Å²) >= 11 is 0. The minimum absolute atomic E-state index is 0.265. The lowest BCUT2D eigenvalue weighted by Crippen LogP contribution is -2.45. The third-order valence-electron chi connectivity index (χ3n) is 3.29. The summed E-state index contributed by atoms with van der Waals surface area (Å²) in [7, 11) is 0. The molecule has 1 aliphatic carbocycles. The van der Waals surface area contributed by atoms with Crippen molar-refractivity contribution in [1.29, 1.82) is 0 Å². The molecule has 1 unspecified atom stereocenters. The molecule has 2 aliphatic rings. The summed E-state index contributed by atoms with van der Waals surface area (Å²) < 4.78 is 5.54. The SMILES string of the molecule is Cc1cc2c(o1)CCCC21NC(=O)NC1=O. The van der Waals surface area contributed by atoms with Gasteiger partial charge in [0, 0.05) is 12.0 Å². The van der Waals surface area contributed by atoms with Crippen LogP contribution >= 0.6 is 0 Å². The van der Waals surface area contributed by atoms with Crippen LogP contribution in [0.2, 0.25) is 0 Å². The van der Waals surface area contributed by atoms with Crippen molar-refractivity contribution in [3.8, 4) is 0 Å². The van der Waals surface area contributed by atoms with Gasteiger partial charge in [-0.15, -0.1) is 0 Å². The summed E-state index contributed by atoms with van der Waals surface area (Å²) in [6, 6.07) is 1.43. The number of urea groups is 1. The highest BCUT2D eigenvalue weighted by Crippen LogP contribution is 2.39. The van der Waals surface area contributed by atoms with E-state index in [9.17, 15) is 9.59 Å². The highest BCUT2D eigenvalue weighted by atomic mass is 16.3. The van der Waals surface area contributed by atoms with Crippen LogP contribution in [0.5, 0.6) is 0 Å². The van der Waals surface area contributed by atoms with Crippen LogP contribution in [-0.2, 0) is 16.8 Å². The molecule has 2 N–H and O–H groups in total. The predicted octanol–water partition coefficient (Wildman–Crippen LogP) is 0.959. The summed E-state index contributed by atoms with van der Waals surface area (Å²) in [5.74, 6) is 1.33. The van der Waals surface area contributed by atoms with Crippen LogP contribution in [0.1, 0.15) is 29.9 Å². The number of aryl methyl sites for hydroxylation is 2. The Hall–Kier alpha value is -1.78. The quantitative estimate of drug-likeness (QED) is 0.640. The average Bonchev–Trinajstić information content (AvgIpc) is 2.70. The Morgan fingerprint density at radius 2 is 2.25 bits per heavy atom. The molecule has 3 rings (SSSR count). The molecule has 84 valence electrons. The van der Waals surface area contributed by atoms with E-state index in [-0.39, 0.29) is 5.91 Å². The fourth-order valence-electron chi connectivity index (χ4n) is 2.62. The molecule has 1 fully saturated rings. The third-order valence-corrected chi connectivity index (χ3v) is 3.29. The standard InChI is InChI=1S/C11H12N2O3/c1-6-5-7-8(16-6)3-2-4-11(7)9(14)12-10(15)13-11/h5H,2-4H2,1H3,(H2,12,13,14,15). The number of imide groups is 1. The van der Waals surface area contributed by atoms with E-state index < -0.39 is 11.6 Å². The minimum atomic E-state index is -0.886. The zero-order valence-corrected chi connectivity index (χ0v) is 8.92. The molecule has 16 heavy (non-hydrogen) atoms. The topological polar surface area (TPSA) is 71.3 Å². The second kappa shape index (κ2) is 2.87. The van der Waals surface area contributed by atoms with Crippen LogP contribution in [0.4, 0.5) is 4.79 Å². The van der Waals surface area contributed by atoms with E-state index in [1.54, 1.807) is 0 Å². The second-order valence-electron chi connectivity index (χ2n) is 4.36. The van der Waals surface area contributed by atoms with Crippen molar-refractivity contribution in [2.45, 2.75) is 31.7 Å². The predicted molar refractivity (Wildman–Crippen MR) is 54.7 cm³/mol. The summed E-state index contributed by atoms with van der Waals surface area (Å²) in [4.78, 5) is 23.2. The molecule has 1 aliphatic heterocycles. The van der Waals surface area contributed by atoms with Crippen molar-refractivity contribution in [1.82, 2.24) is 10.6 Å². The van der Waals surface area contributed by atoms with Gasteiger partial charge in [-0.05, 0) is 25.8 Å². The van der Waals surface area contributed by atoms with Gasteiger partial charge in [-0.1, -0.05) is 0 Å². The van der Waals surface area contributed by atoms with Crippen LogP contribution in [0.25, 0.3) is 0 Å².